The summed E-state index contributed by atoms with van der Waals surface area (Å²) in [5.41, 5.74) is -0.555. The van der Waals surface area contributed by atoms with Crippen molar-refractivity contribution in [3.8, 4) is 11.3 Å². The fraction of sp³-hybridized carbons (Fsp3) is 0.389. The third-order valence-corrected chi connectivity index (χ3v) is 4.59. The molecule has 25 heavy (non-hydrogen) atoms. The highest BCUT2D eigenvalue weighted by molar-refractivity contribution is 5.80. The first-order valence-electron chi connectivity index (χ1n) is 8.10. The smallest absolute Gasteiger partial charge is 0.311 e. The molecule has 2 heterocycles. The number of oxazole rings is 1. The molecule has 7 heteroatoms. The van der Waals surface area contributed by atoms with Gasteiger partial charge in [-0.3, -0.25) is 9.59 Å². The van der Waals surface area contributed by atoms with E-state index in [2.05, 4.69) is 4.98 Å². The van der Waals surface area contributed by atoms with Gasteiger partial charge in [0, 0.05) is 25.9 Å². The van der Waals surface area contributed by atoms with Gasteiger partial charge in [0.05, 0.1) is 17.2 Å². The highest BCUT2D eigenvalue weighted by atomic mass is 19.1. The number of carboxylic acids is 1. The Morgan fingerprint density at radius 2 is 2.16 bits per heavy atom. The van der Waals surface area contributed by atoms with E-state index in [9.17, 15) is 19.1 Å². The molecule has 1 aromatic heterocycles. The molecule has 1 N–H and O–H groups in total. The van der Waals surface area contributed by atoms with Crippen molar-refractivity contribution < 1.29 is 23.5 Å². The Bertz CT molecular complexity index is 804. The lowest BCUT2D eigenvalue weighted by Gasteiger charge is -2.19. The van der Waals surface area contributed by atoms with Gasteiger partial charge in [-0.15, -0.1) is 0 Å². The first kappa shape index (κ1) is 17.1. The fourth-order valence-corrected chi connectivity index (χ4v) is 2.93. The number of carbonyl (C=O) groups is 2. The maximum atomic E-state index is 13.7. The van der Waals surface area contributed by atoms with Crippen LogP contribution in [0.1, 0.15) is 25.7 Å². The summed E-state index contributed by atoms with van der Waals surface area (Å²) in [5, 5.41) is 9.22. The number of likely N-dealkylation sites (tertiary alicyclic amines) is 1. The highest BCUT2D eigenvalue weighted by Crippen LogP contribution is 2.30. The van der Waals surface area contributed by atoms with E-state index >= 15 is 0 Å². The molecule has 1 aliphatic heterocycles. The van der Waals surface area contributed by atoms with Crippen molar-refractivity contribution in [3.63, 3.8) is 0 Å². The number of amides is 1. The lowest BCUT2D eigenvalue weighted by Crippen LogP contribution is -2.34. The van der Waals surface area contributed by atoms with Gasteiger partial charge in [-0.05, 0) is 25.5 Å². The number of aryl methyl sites for hydroxylation is 1. The van der Waals surface area contributed by atoms with Crippen molar-refractivity contribution >= 4 is 11.9 Å². The van der Waals surface area contributed by atoms with Gasteiger partial charge in [0.2, 0.25) is 5.91 Å². The molecule has 0 radical (unpaired) electrons. The molecule has 0 bridgehead atoms. The first-order chi connectivity index (χ1) is 11.9. The van der Waals surface area contributed by atoms with Crippen molar-refractivity contribution in [2.24, 2.45) is 5.41 Å². The average molecular weight is 346 g/mol. The van der Waals surface area contributed by atoms with Crippen LogP contribution in [-0.4, -0.2) is 40.0 Å². The molecule has 1 atom stereocenters. The van der Waals surface area contributed by atoms with Crippen LogP contribution in [0.3, 0.4) is 0 Å². The third-order valence-electron chi connectivity index (χ3n) is 4.59. The van der Waals surface area contributed by atoms with Gasteiger partial charge in [-0.25, -0.2) is 9.37 Å². The zero-order valence-corrected chi connectivity index (χ0v) is 13.9. The summed E-state index contributed by atoms with van der Waals surface area (Å²) < 4.78 is 19.3. The minimum Gasteiger partial charge on any atom is -0.481 e. The van der Waals surface area contributed by atoms with Gasteiger partial charge >= 0.3 is 5.97 Å². The number of hydrogen-bond acceptors (Lipinski definition) is 4. The molecule has 1 unspecified atom stereocenters. The van der Waals surface area contributed by atoms with Gasteiger partial charge in [-0.2, -0.15) is 0 Å². The molecule has 1 amide bonds. The SMILES string of the molecule is CC1(C(=O)O)CCN(C(=O)CCc2ncc(-c3ccccc3F)o2)C1. The zero-order valence-electron chi connectivity index (χ0n) is 13.9. The highest BCUT2D eigenvalue weighted by Gasteiger charge is 2.41. The predicted molar refractivity (Wildman–Crippen MR) is 87.2 cm³/mol. The second-order valence-electron chi connectivity index (χ2n) is 6.53. The molecule has 2 aromatic rings. The summed E-state index contributed by atoms with van der Waals surface area (Å²) >= 11 is 0. The third kappa shape index (κ3) is 3.55. The topological polar surface area (TPSA) is 83.6 Å². The molecule has 1 saturated heterocycles. The Hall–Kier alpha value is -2.70. The molecule has 0 saturated carbocycles. The van der Waals surface area contributed by atoms with Crippen LogP contribution in [0.15, 0.2) is 34.9 Å². The summed E-state index contributed by atoms with van der Waals surface area (Å²) in [6.45, 7) is 2.30. The maximum Gasteiger partial charge on any atom is 0.311 e. The number of carbonyl (C=O) groups excluding carboxylic acids is 1. The van der Waals surface area contributed by atoms with Crippen LogP contribution in [0.5, 0.6) is 0 Å². The van der Waals surface area contributed by atoms with E-state index in [1.807, 2.05) is 0 Å². The summed E-state index contributed by atoms with van der Waals surface area (Å²) in [6, 6.07) is 6.24. The fourth-order valence-electron chi connectivity index (χ4n) is 2.93. The van der Waals surface area contributed by atoms with Crippen molar-refractivity contribution in [1.82, 2.24) is 9.88 Å². The number of carboxylic acid groups (broad SMARTS) is 1. The number of rotatable bonds is 5. The van der Waals surface area contributed by atoms with Gasteiger partial charge in [0.1, 0.15) is 5.82 Å². The van der Waals surface area contributed by atoms with E-state index in [0.717, 1.165) is 0 Å². The van der Waals surface area contributed by atoms with Gasteiger partial charge in [-0.1, -0.05) is 12.1 Å². The van der Waals surface area contributed by atoms with E-state index in [1.54, 1.807) is 30.0 Å². The molecule has 3 rings (SSSR count). The molecule has 1 aliphatic rings. The molecule has 132 valence electrons. The maximum absolute atomic E-state index is 13.7. The second-order valence-corrected chi connectivity index (χ2v) is 6.53. The molecular formula is C18H19FN2O4. The summed E-state index contributed by atoms with van der Waals surface area (Å²) in [7, 11) is 0. The lowest BCUT2D eigenvalue weighted by molar-refractivity contribution is -0.147. The largest absolute Gasteiger partial charge is 0.481 e. The van der Waals surface area contributed by atoms with Crippen molar-refractivity contribution in [2.45, 2.75) is 26.2 Å². The van der Waals surface area contributed by atoms with E-state index < -0.39 is 17.2 Å². The van der Waals surface area contributed by atoms with Crippen LogP contribution in [0.4, 0.5) is 4.39 Å². The molecule has 1 fully saturated rings. The molecule has 1 aromatic carbocycles. The number of halogens is 1. The first-order valence-corrected chi connectivity index (χ1v) is 8.10. The van der Waals surface area contributed by atoms with Crippen LogP contribution in [0.25, 0.3) is 11.3 Å². The van der Waals surface area contributed by atoms with Crippen LogP contribution < -0.4 is 0 Å². The Kier molecular flexibility index (Phi) is 4.57. The number of hydrogen-bond donors (Lipinski definition) is 1. The standard InChI is InChI=1S/C18H19FN2O4/c1-18(17(23)24)8-9-21(11-18)16(22)7-6-15-20-10-14(25-15)12-4-2-3-5-13(12)19/h2-5,10H,6-9,11H2,1H3,(H,23,24). The number of aromatic nitrogens is 1. The molecule has 6 nitrogen and oxygen atoms in total. The van der Waals surface area contributed by atoms with Crippen molar-refractivity contribution in [2.75, 3.05) is 13.1 Å². The monoisotopic (exact) mass is 346 g/mol. The minimum absolute atomic E-state index is 0.129. The van der Waals surface area contributed by atoms with Crippen molar-refractivity contribution in [3.05, 3.63) is 42.2 Å². The van der Waals surface area contributed by atoms with Crippen LogP contribution >= 0.6 is 0 Å². The number of benzene rings is 1. The van der Waals surface area contributed by atoms with Crippen LogP contribution in [0.2, 0.25) is 0 Å². The van der Waals surface area contributed by atoms with E-state index in [4.69, 9.17) is 4.42 Å². The predicted octanol–water partition coefficient (Wildman–Crippen LogP) is 2.74. The molecule has 0 aliphatic carbocycles. The minimum atomic E-state index is -0.884. The van der Waals surface area contributed by atoms with E-state index in [0.29, 0.717) is 30.2 Å². The summed E-state index contributed by atoms with van der Waals surface area (Å²) in [5.74, 6) is -0.737. The summed E-state index contributed by atoms with van der Waals surface area (Å²) in [4.78, 5) is 29.2. The summed E-state index contributed by atoms with van der Waals surface area (Å²) in [6.07, 6.45) is 2.35. The Morgan fingerprint density at radius 1 is 1.40 bits per heavy atom. The number of aliphatic carboxylic acids is 1. The Balaban J connectivity index is 1.59. The number of nitrogens with zero attached hydrogens (tertiary/aromatic N) is 2. The lowest BCUT2D eigenvalue weighted by atomic mass is 9.90. The van der Waals surface area contributed by atoms with Crippen molar-refractivity contribution in [1.29, 1.82) is 0 Å². The van der Waals surface area contributed by atoms with Gasteiger partial charge in [0.15, 0.2) is 11.7 Å². The Labute approximate surface area is 144 Å². The van der Waals surface area contributed by atoms with Gasteiger partial charge in [0.25, 0.3) is 0 Å². The zero-order chi connectivity index (χ0) is 18.0. The molecule has 0 spiro atoms. The van der Waals surface area contributed by atoms with E-state index in [1.165, 1.54) is 12.3 Å². The van der Waals surface area contributed by atoms with Gasteiger partial charge < -0.3 is 14.4 Å². The van der Waals surface area contributed by atoms with Crippen LogP contribution in [-0.2, 0) is 16.0 Å². The normalized spacial score (nSPS) is 20.0. The quantitative estimate of drug-likeness (QED) is 0.900. The van der Waals surface area contributed by atoms with Crippen LogP contribution in [0, 0.1) is 11.2 Å². The second kappa shape index (κ2) is 6.66. The molecular weight excluding hydrogens is 327 g/mol. The Morgan fingerprint density at radius 3 is 2.84 bits per heavy atom. The average Bonchev–Trinajstić information content (AvgIpc) is 3.21. The van der Waals surface area contributed by atoms with E-state index in [-0.39, 0.29) is 25.3 Å².